The molecule has 19 heavy (non-hydrogen) atoms. The summed E-state index contributed by atoms with van der Waals surface area (Å²) >= 11 is 0. The number of rotatable bonds is 4. The minimum Gasteiger partial charge on any atom is -0.491 e. The summed E-state index contributed by atoms with van der Waals surface area (Å²) < 4.78 is 5.83. The zero-order valence-electron chi connectivity index (χ0n) is 11.9. The van der Waals surface area contributed by atoms with E-state index in [2.05, 4.69) is 5.32 Å². The van der Waals surface area contributed by atoms with E-state index in [0.717, 1.165) is 36.4 Å². The molecule has 1 fully saturated rings. The molecule has 1 unspecified atom stereocenters. The number of ether oxygens (including phenoxy) is 1. The molecule has 0 spiro atoms. The number of carbonyl (C=O) groups excluding carboxylic acids is 1. The number of benzene rings is 1. The lowest BCUT2D eigenvalue weighted by molar-refractivity contribution is 0.159. The highest BCUT2D eigenvalue weighted by Crippen LogP contribution is 2.22. The van der Waals surface area contributed by atoms with Crippen LogP contribution in [0.1, 0.15) is 24.5 Å². The molecular formula is C15H22N2O2. The summed E-state index contributed by atoms with van der Waals surface area (Å²) in [6.45, 7) is 8.26. The van der Waals surface area contributed by atoms with Gasteiger partial charge in [-0.3, -0.25) is 0 Å². The first kappa shape index (κ1) is 13.7. The van der Waals surface area contributed by atoms with E-state index in [1.807, 2.05) is 43.9 Å². The number of para-hydroxylation sites is 1. The van der Waals surface area contributed by atoms with Gasteiger partial charge < -0.3 is 15.0 Å². The van der Waals surface area contributed by atoms with Crippen LogP contribution in [0.15, 0.2) is 18.2 Å². The summed E-state index contributed by atoms with van der Waals surface area (Å²) in [6.07, 6.45) is 1.11. The topological polar surface area (TPSA) is 41.6 Å². The normalized spacial score (nSPS) is 15.6. The summed E-state index contributed by atoms with van der Waals surface area (Å²) in [5.41, 5.74) is 2.25. The molecule has 0 radical (unpaired) electrons. The Hall–Kier alpha value is -1.71. The van der Waals surface area contributed by atoms with Crippen LogP contribution >= 0.6 is 0 Å². The second kappa shape index (κ2) is 5.95. The van der Waals surface area contributed by atoms with Crippen LogP contribution in [0.4, 0.5) is 4.79 Å². The Labute approximate surface area is 114 Å². The van der Waals surface area contributed by atoms with Gasteiger partial charge in [-0.05, 0) is 38.3 Å². The lowest BCUT2D eigenvalue weighted by atomic mass is 10.1. The zero-order valence-corrected chi connectivity index (χ0v) is 11.9. The van der Waals surface area contributed by atoms with Crippen molar-refractivity contribution >= 4 is 6.03 Å². The number of aryl methyl sites for hydroxylation is 2. The highest BCUT2D eigenvalue weighted by atomic mass is 16.5. The Morgan fingerprint density at radius 3 is 2.53 bits per heavy atom. The average Bonchev–Trinajstić information content (AvgIpc) is 2.25. The maximum absolute atomic E-state index is 11.7. The largest absolute Gasteiger partial charge is 0.491 e. The molecule has 2 rings (SSSR count). The van der Waals surface area contributed by atoms with Crippen molar-refractivity contribution in [2.75, 3.05) is 19.7 Å². The van der Waals surface area contributed by atoms with Gasteiger partial charge in [-0.25, -0.2) is 4.79 Å². The van der Waals surface area contributed by atoms with Crippen molar-refractivity contribution in [3.05, 3.63) is 29.3 Å². The number of likely N-dealkylation sites (tertiary alicyclic amines) is 1. The maximum Gasteiger partial charge on any atom is 0.317 e. The molecule has 0 bridgehead atoms. The third-order valence-corrected chi connectivity index (χ3v) is 3.40. The minimum atomic E-state index is 0.00658. The third kappa shape index (κ3) is 3.40. The van der Waals surface area contributed by atoms with Gasteiger partial charge >= 0.3 is 6.03 Å². The fourth-order valence-electron chi connectivity index (χ4n) is 2.10. The second-order valence-corrected chi connectivity index (χ2v) is 5.22. The summed E-state index contributed by atoms with van der Waals surface area (Å²) in [7, 11) is 0. The molecule has 2 amide bonds. The van der Waals surface area contributed by atoms with Gasteiger partial charge in [-0.15, -0.1) is 0 Å². The molecule has 1 saturated heterocycles. The first-order valence-corrected chi connectivity index (χ1v) is 6.82. The quantitative estimate of drug-likeness (QED) is 0.905. The van der Waals surface area contributed by atoms with E-state index in [-0.39, 0.29) is 12.1 Å². The number of nitrogens with zero attached hydrogens (tertiary/aromatic N) is 1. The molecule has 0 aliphatic carbocycles. The smallest absolute Gasteiger partial charge is 0.317 e. The minimum absolute atomic E-state index is 0.00658. The molecule has 1 heterocycles. The highest BCUT2D eigenvalue weighted by molar-refractivity contribution is 5.75. The summed E-state index contributed by atoms with van der Waals surface area (Å²) in [6, 6.07) is 6.11. The monoisotopic (exact) mass is 262 g/mol. The average molecular weight is 262 g/mol. The van der Waals surface area contributed by atoms with E-state index < -0.39 is 0 Å². The van der Waals surface area contributed by atoms with E-state index in [1.165, 1.54) is 0 Å². The van der Waals surface area contributed by atoms with E-state index in [4.69, 9.17) is 4.74 Å². The molecule has 0 aromatic heterocycles. The predicted octanol–water partition coefficient (Wildman–Crippen LogP) is 2.49. The second-order valence-electron chi connectivity index (χ2n) is 5.22. The van der Waals surface area contributed by atoms with Gasteiger partial charge in [0.05, 0.1) is 6.04 Å². The Kier molecular flexibility index (Phi) is 4.30. The molecule has 1 aromatic carbocycles. The van der Waals surface area contributed by atoms with Crippen LogP contribution in [0.25, 0.3) is 0 Å². The molecule has 0 saturated carbocycles. The van der Waals surface area contributed by atoms with Gasteiger partial charge in [0, 0.05) is 13.1 Å². The van der Waals surface area contributed by atoms with Gasteiger partial charge in [-0.1, -0.05) is 18.2 Å². The van der Waals surface area contributed by atoms with E-state index in [1.54, 1.807) is 0 Å². The number of hydrogen-bond acceptors (Lipinski definition) is 2. The molecule has 104 valence electrons. The summed E-state index contributed by atoms with van der Waals surface area (Å²) in [5, 5.41) is 2.95. The van der Waals surface area contributed by atoms with E-state index >= 15 is 0 Å². The van der Waals surface area contributed by atoms with Crippen molar-refractivity contribution in [1.29, 1.82) is 0 Å². The van der Waals surface area contributed by atoms with Crippen LogP contribution in [0, 0.1) is 13.8 Å². The molecule has 1 aliphatic heterocycles. The molecule has 1 atom stereocenters. The van der Waals surface area contributed by atoms with Gasteiger partial charge in [-0.2, -0.15) is 0 Å². The molecule has 4 nitrogen and oxygen atoms in total. The number of hydrogen-bond donors (Lipinski definition) is 1. The van der Waals surface area contributed by atoms with E-state index in [9.17, 15) is 4.79 Å². The van der Waals surface area contributed by atoms with Crippen LogP contribution in [0.2, 0.25) is 0 Å². The number of carbonyl (C=O) groups is 1. The molecule has 1 N–H and O–H groups in total. The van der Waals surface area contributed by atoms with Crippen LogP contribution in [-0.4, -0.2) is 36.7 Å². The van der Waals surface area contributed by atoms with Crippen LogP contribution < -0.4 is 10.1 Å². The standard InChI is InChI=1S/C15H22N2O2/c1-11-6-4-7-12(2)14(11)19-10-13(3)16-15(18)17-8-5-9-17/h4,6-7,13H,5,8-10H2,1-3H3,(H,16,18). The Bertz CT molecular complexity index is 435. The fourth-order valence-corrected chi connectivity index (χ4v) is 2.10. The zero-order chi connectivity index (χ0) is 13.8. The van der Waals surface area contributed by atoms with Crippen LogP contribution in [-0.2, 0) is 0 Å². The van der Waals surface area contributed by atoms with Crippen molar-refractivity contribution in [3.63, 3.8) is 0 Å². The van der Waals surface area contributed by atoms with Crippen molar-refractivity contribution in [3.8, 4) is 5.75 Å². The molecule has 1 aliphatic rings. The number of amides is 2. The first-order valence-electron chi connectivity index (χ1n) is 6.82. The van der Waals surface area contributed by atoms with Crippen molar-refractivity contribution in [2.45, 2.75) is 33.2 Å². The van der Waals surface area contributed by atoms with Crippen molar-refractivity contribution in [1.82, 2.24) is 10.2 Å². The van der Waals surface area contributed by atoms with Gasteiger partial charge in [0.15, 0.2) is 0 Å². The number of urea groups is 1. The molecule has 4 heteroatoms. The summed E-state index contributed by atoms with van der Waals surface area (Å²) in [4.78, 5) is 13.6. The first-order chi connectivity index (χ1) is 9.08. The Balaban J connectivity index is 1.82. The van der Waals surface area contributed by atoms with E-state index in [0.29, 0.717) is 6.61 Å². The van der Waals surface area contributed by atoms with Crippen molar-refractivity contribution < 1.29 is 9.53 Å². The SMILES string of the molecule is Cc1cccc(C)c1OCC(C)NC(=O)N1CCC1. The maximum atomic E-state index is 11.7. The molecule has 1 aromatic rings. The predicted molar refractivity (Wildman–Crippen MR) is 75.6 cm³/mol. The van der Waals surface area contributed by atoms with Gasteiger partial charge in [0.25, 0.3) is 0 Å². The Morgan fingerprint density at radius 2 is 2.00 bits per heavy atom. The number of nitrogens with one attached hydrogen (secondary N) is 1. The van der Waals surface area contributed by atoms with Crippen LogP contribution in [0.5, 0.6) is 5.75 Å². The van der Waals surface area contributed by atoms with Crippen LogP contribution in [0.3, 0.4) is 0 Å². The van der Waals surface area contributed by atoms with Gasteiger partial charge in [0.1, 0.15) is 12.4 Å². The Morgan fingerprint density at radius 1 is 1.37 bits per heavy atom. The fraction of sp³-hybridized carbons (Fsp3) is 0.533. The highest BCUT2D eigenvalue weighted by Gasteiger charge is 2.21. The lowest BCUT2D eigenvalue weighted by Gasteiger charge is -2.32. The third-order valence-electron chi connectivity index (χ3n) is 3.40. The molecular weight excluding hydrogens is 240 g/mol. The lowest BCUT2D eigenvalue weighted by Crippen LogP contribution is -2.51. The van der Waals surface area contributed by atoms with Crippen molar-refractivity contribution in [2.24, 2.45) is 0 Å². The van der Waals surface area contributed by atoms with Gasteiger partial charge in [0.2, 0.25) is 0 Å². The summed E-state index contributed by atoms with van der Waals surface area (Å²) in [5.74, 6) is 0.924.